The molecule has 0 atom stereocenters. The van der Waals surface area contributed by atoms with Gasteiger partial charge in [0.05, 0.1) is 29.7 Å². The van der Waals surface area contributed by atoms with E-state index in [9.17, 15) is 40.3 Å². The molecule has 1 aliphatic heterocycles. The number of hydrogen-bond acceptors (Lipinski definition) is 6. The Balaban J connectivity index is 1.54. The van der Waals surface area contributed by atoms with Crippen molar-refractivity contribution in [1.29, 1.82) is 0 Å². The predicted octanol–water partition coefficient (Wildman–Crippen LogP) is 6.20. The SMILES string of the molecule is CS(=O)(=O)Nc1cc(NC(=O)c2ccc(-c3ccc(C(F)(F)F)cc3)cc2OCCCN2CCC(F)(F)CC2)ccc1O. The van der Waals surface area contributed by atoms with Crippen LogP contribution in [0.1, 0.15) is 35.2 Å². The third kappa shape index (κ3) is 9.04. The highest BCUT2D eigenvalue weighted by atomic mass is 32.2. The number of anilines is 2. The van der Waals surface area contributed by atoms with Crippen LogP contribution in [0.25, 0.3) is 11.1 Å². The van der Waals surface area contributed by atoms with E-state index >= 15 is 0 Å². The molecule has 43 heavy (non-hydrogen) atoms. The van der Waals surface area contributed by atoms with Gasteiger partial charge in [-0.3, -0.25) is 9.52 Å². The molecular weight excluding hydrogens is 597 g/mol. The molecule has 1 amide bonds. The molecule has 3 aromatic carbocycles. The van der Waals surface area contributed by atoms with Gasteiger partial charge in [0.25, 0.3) is 11.8 Å². The Morgan fingerprint density at radius 2 is 1.65 bits per heavy atom. The molecule has 232 valence electrons. The van der Waals surface area contributed by atoms with Crippen molar-refractivity contribution in [3.8, 4) is 22.6 Å². The normalized spacial score (nSPS) is 15.6. The number of halogens is 5. The fourth-order valence-corrected chi connectivity index (χ4v) is 5.09. The number of amides is 1. The van der Waals surface area contributed by atoms with Gasteiger partial charge in [-0.05, 0) is 60.0 Å². The highest BCUT2D eigenvalue weighted by Crippen LogP contribution is 2.34. The number of likely N-dealkylation sites (tertiary alicyclic amines) is 1. The monoisotopic (exact) mass is 627 g/mol. The molecule has 14 heteroatoms. The number of piperidine rings is 1. The van der Waals surface area contributed by atoms with E-state index < -0.39 is 33.6 Å². The lowest BCUT2D eigenvalue weighted by atomic mass is 10.0. The van der Waals surface area contributed by atoms with Gasteiger partial charge in [-0.15, -0.1) is 0 Å². The van der Waals surface area contributed by atoms with Crippen molar-refractivity contribution in [2.45, 2.75) is 31.4 Å². The molecule has 0 aliphatic carbocycles. The molecule has 0 saturated carbocycles. The summed E-state index contributed by atoms with van der Waals surface area (Å²) in [4.78, 5) is 15.2. The van der Waals surface area contributed by atoms with E-state index in [4.69, 9.17) is 4.74 Å². The number of hydrogen-bond donors (Lipinski definition) is 3. The summed E-state index contributed by atoms with van der Waals surface area (Å²) in [5.41, 5.74) is 0.229. The Bertz CT molecular complexity index is 1550. The van der Waals surface area contributed by atoms with Gasteiger partial charge in [0, 0.05) is 38.2 Å². The molecule has 8 nitrogen and oxygen atoms in total. The van der Waals surface area contributed by atoms with E-state index in [-0.39, 0.29) is 61.0 Å². The summed E-state index contributed by atoms with van der Waals surface area (Å²) in [6.07, 6.45) is -3.56. The summed E-state index contributed by atoms with van der Waals surface area (Å²) in [5.74, 6) is -3.52. The second-order valence-corrected chi connectivity index (χ2v) is 12.0. The first-order chi connectivity index (χ1) is 20.1. The Kier molecular flexibility index (Phi) is 9.50. The second kappa shape index (κ2) is 12.8. The van der Waals surface area contributed by atoms with E-state index in [1.54, 1.807) is 6.07 Å². The Morgan fingerprint density at radius 1 is 1.00 bits per heavy atom. The van der Waals surface area contributed by atoms with E-state index in [0.29, 0.717) is 24.1 Å². The third-order valence-electron chi connectivity index (χ3n) is 6.79. The van der Waals surface area contributed by atoms with Crippen LogP contribution >= 0.6 is 0 Å². The molecule has 1 saturated heterocycles. The van der Waals surface area contributed by atoms with Gasteiger partial charge in [-0.1, -0.05) is 18.2 Å². The number of carbonyl (C=O) groups is 1. The highest BCUT2D eigenvalue weighted by Gasteiger charge is 2.33. The molecule has 0 spiro atoms. The number of phenolic OH excluding ortho intramolecular Hbond substituents is 1. The third-order valence-corrected chi connectivity index (χ3v) is 7.38. The highest BCUT2D eigenvalue weighted by molar-refractivity contribution is 7.92. The van der Waals surface area contributed by atoms with Gasteiger partial charge < -0.3 is 20.1 Å². The predicted molar refractivity (Wildman–Crippen MR) is 152 cm³/mol. The average molecular weight is 628 g/mol. The summed E-state index contributed by atoms with van der Waals surface area (Å²) in [6.45, 7) is 1.14. The molecule has 4 rings (SSSR count). The molecule has 1 heterocycles. The van der Waals surface area contributed by atoms with E-state index in [1.807, 2.05) is 4.90 Å². The first-order valence-corrected chi connectivity index (χ1v) is 15.2. The van der Waals surface area contributed by atoms with Gasteiger partial charge in [-0.25, -0.2) is 17.2 Å². The summed E-state index contributed by atoms with van der Waals surface area (Å²) >= 11 is 0. The minimum Gasteiger partial charge on any atom is -0.506 e. The van der Waals surface area contributed by atoms with Gasteiger partial charge in [0.2, 0.25) is 10.0 Å². The fourth-order valence-electron chi connectivity index (χ4n) is 4.53. The molecule has 1 fully saturated rings. The molecule has 0 bridgehead atoms. The van der Waals surface area contributed by atoms with Crippen LogP contribution in [0.4, 0.5) is 33.3 Å². The summed E-state index contributed by atoms with van der Waals surface area (Å²) < 4.78 is 97.3. The second-order valence-electron chi connectivity index (χ2n) is 10.2. The first kappa shape index (κ1) is 32.0. The van der Waals surface area contributed by atoms with Crippen LogP contribution in [0.3, 0.4) is 0 Å². The van der Waals surface area contributed by atoms with Crippen LogP contribution < -0.4 is 14.8 Å². The summed E-state index contributed by atoms with van der Waals surface area (Å²) in [5, 5.41) is 12.6. The minimum absolute atomic E-state index is 0.0824. The van der Waals surface area contributed by atoms with E-state index in [1.165, 1.54) is 42.5 Å². The molecule has 3 aromatic rings. The van der Waals surface area contributed by atoms with Crippen molar-refractivity contribution < 1.29 is 45.0 Å². The number of benzene rings is 3. The zero-order chi connectivity index (χ0) is 31.4. The molecular formula is C29H30F5N3O5S. The number of alkyl halides is 5. The lowest BCUT2D eigenvalue weighted by Crippen LogP contribution is -2.40. The van der Waals surface area contributed by atoms with Gasteiger partial charge in [0.1, 0.15) is 11.5 Å². The van der Waals surface area contributed by atoms with Crippen LogP contribution in [-0.4, -0.2) is 62.8 Å². The quantitative estimate of drug-likeness (QED) is 0.107. The maximum atomic E-state index is 13.4. The van der Waals surface area contributed by atoms with Crippen molar-refractivity contribution >= 4 is 27.3 Å². The standard InChI is InChI=1S/C29H30F5N3O5S/c1-43(40,41)36-24-18-22(8-10-25(24)38)35-27(39)23-9-5-20(19-3-6-21(7-4-19)29(32,33)34)17-26(23)42-16-2-13-37-14-11-28(30,31)12-15-37/h3-10,17-18,36,38H,2,11-16H2,1H3,(H,35,39). The van der Waals surface area contributed by atoms with Gasteiger partial charge in [-0.2, -0.15) is 13.2 Å². The van der Waals surface area contributed by atoms with Crippen molar-refractivity contribution in [1.82, 2.24) is 4.90 Å². The molecule has 0 radical (unpaired) electrons. The number of rotatable bonds is 10. The topological polar surface area (TPSA) is 108 Å². The van der Waals surface area contributed by atoms with Gasteiger partial charge in [0.15, 0.2) is 0 Å². The van der Waals surface area contributed by atoms with Crippen LogP contribution in [-0.2, 0) is 16.2 Å². The van der Waals surface area contributed by atoms with Crippen molar-refractivity contribution in [3.05, 3.63) is 71.8 Å². The minimum atomic E-state index is -4.50. The Labute approximate surface area is 245 Å². The van der Waals surface area contributed by atoms with Gasteiger partial charge >= 0.3 is 6.18 Å². The number of nitrogens with one attached hydrogen (secondary N) is 2. The average Bonchev–Trinajstić information content (AvgIpc) is 2.92. The zero-order valence-corrected chi connectivity index (χ0v) is 23.9. The summed E-state index contributed by atoms with van der Waals surface area (Å²) in [7, 11) is -3.72. The first-order valence-electron chi connectivity index (χ1n) is 13.3. The number of carbonyl (C=O) groups excluding carboxylic acids is 1. The van der Waals surface area contributed by atoms with Crippen LogP contribution in [0.15, 0.2) is 60.7 Å². The largest absolute Gasteiger partial charge is 0.506 e. The number of sulfonamides is 1. The van der Waals surface area contributed by atoms with Crippen molar-refractivity contribution in [2.24, 2.45) is 0 Å². The van der Waals surface area contributed by atoms with Crippen LogP contribution in [0.5, 0.6) is 11.5 Å². The maximum Gasteiger partial charge on any atom is 0.416 e. The van der Waals surface area contributed by atoms with Crippen LogP contribution in [0, 0.1) is 0 Å². The fraction of sp³-hybridized carbons (Fsp3) is 0.345. The molecule has 0 unspecified atom stereocenters. The molecule has 3 N–H and O–H groups in total. The zero-order valence-electron chi connectivity index (χ0n) is 23.0. The number of nitrogens with zero attached hydrogens (tertiary/aromatic N) is 1. The number of aromatic hydroxyl groups is 1. The maximum absolute atomic E-state index is 13.4. The Morgan fingerprint density at radius 3 is 2.28 bits per heavy atom. The lowest BCUT2D eigenvalue weighted by molar-refractivity contribution is -0.137. The molecule has 0 aromatic heterocycles. The van der Waals surface area contributed by atoms with Crippen molar-refractivity contribution in [2.75, 3.05) is 42.5 Å². The van der Waals surface area contributed by atoms with Crippen LogP contribution in [0.2, 0.25) is 0 Å². The number of ether oxygens (including phenoxy) is 1. The molecule has 1 aliphatic rings. The van der Waals surface area contributed by atoms with Crippen molar-refractivity contribution in [3.63, 3.8) is 0 Å². The Hall–Kier alpha value is -3.91. The number of phenols is 1. The smallest absolute Gasteiger partial charge is 0.416 e. The lowest BCUT2D eigenvalue weighted by Gasteiger charge is -2.31. The van der Waals surface area contributed by atoms with E-state index in [0.717, 1.165) is 18.4 Å². The van der Waals surface area contributed by atoms with E-state index in [2.05, 4.69) is 10.0 Å². The summed E-state index contributed by atoms with van der Waals surface area (Å²) in [6, 6.07) is 12.8.